The number of rotatable bonds is 4. The molecular weight excluding hydrogens is 268 g/mol. The average molecular weight is 281 g/mol. The van der Waals surface area contributed by atoms with Gasteiger partial charge in [0.15, 0.2) is 0 Å². The molecule has 20 heavy (non-hydrogen) atoms. The fourth-order valence-electron chi connectivity index (χ4n) is 1.73. The summed E-state index contributed by atoms with van der Waals surface area (Å²) in [5.41, 5.74) is 6.29. The smallest absolute Gasteiger partial charge is 0.240 e. The Morgan fingerprint density at radius 3 is 2.55 bits per heavy atom. The van der Waals surface area contributed by atoms with Crippen molar-refractivity contribution >= 4 is 0 Å². The van der Waals surface area contributed by atoms with Gasteiger partial charge in [-0.25, -0.2) is 13.8 Å². The lowest BCUT2D eigenvalue weighted by atomic mass is 10.0. The molecule has 1 atom stereocenters. The van der Waals surface area contributed by atoms with E-state index in [0.29, 0.717) is 0 Å². The van der Waals surface area contributed by atoms with Crippen LogP contribution in [0, 0.1) is 11.6 Å². The van der Waals surface area contributed by atoms with Gasteiger partial charge in [0.05, 0.1) is 26.5 Å². The van der Waals surface area contributed by atoms with Crippen molar-refractivity contribution in [3.63, 3.8) is 0 Å². The standard InChI is InChI=1S/C13H13F2N3O2/c1-19-10-6-17-12(13(18-10)20-2)11(16)8-4-3-7(14)5-9(8)15/h3-6,11H,16H2,1-2H3. The maximum absolute atomic E-state index is 13.7. The normalized spacial score (nSPS) is 12.1. The molecule has 0 aliphatic carbocycles. The van der Waals surface area contributed by atoms with Crippen molar-refractivity contribution in [3.8, 4) is 11.8 Å². The summed E-state index contributed by atoms with van der Waals surface area (Å²) in [4.78, 5) is 8.08. The van der Waals surface area contributed by atoms with Crippen LogP contribution in [-0.4, -0.2) is 24.2 Å². The number of benzene rings is 1. The zero-order valence-electron chi connectivity index (χ0n) is 10.9. The Balaban J connectivity index is 2.44. The van der Waals surface area contributed by atoms with E-state index in [1.54, 1.807) is 0 Å². The predicted octanol–water partition coefficient (Wildman–Crippen LogP) is 1.82. The lowest BCUT2D eigenvalue weighted by Crippen LogP contribution is -2.17. The highest BCUT2D eigenvalue weighted by Crippen LogP contribution is 2.28. The van der Waals surface area contributed by atoms with Crippen LogP contribution in [0.2, 0.25) is 0 Å². The summed E-state index contributed by atoms with van der Waals surface area (Å²) in [6, 6.07) is 2.23. The van der Waals surface area contributed by atoms with Crippen molar-refractivity contribution in [3.05, 3.63) is 47.3 Å². The molecule has 0 saturated carbocycles. The van der Waals surface area contributed by atoms with Crippen LogP contribution in [0.1, 0.15) is 17.3 Å². The Hall–Kier alpha value is -2.28. The number of hydrogen-bond acceptors (Lipinski definition) is 5. The molecule has 0 spiro atoms. The molecule has 0 bridgehead atoms. The van der Waals surface area contributed by atoms with Gasteiger partial charge in [0, 0.05) is 11.6 Å². The molecule has 1 unspecified atom stereocenters. The number of hydrogen-bond donors (Lipinski definition) is 1. The first kappa shape index (κ1) is 14.1. The fraction of sp³-hybridized carbons (Fsp3) is 0.231. The molecule has 2 rings (SSSR count). The van der Waals surface area contributed by atoms with Crippen LogP contribution in [0.5, 0.6) is 11.8 Å². The SMILES string of the molecule is COc1cnc(C(N)c2ccc(F)cc2F)c(OC)n1. The third-order valence-electron chi connectivity index (χ3n) is 2.74. The third kappa shape index (κ3) is 2.67. The van der Waals surface area contributed by atoms with Gasteiger partial charge >= 0.3 is 0 Å². The number of nitrogens with zero attached hydrogens (tertiary/aromatic N) is 2. The van der Waals surface area contributed by atoms with Gasteiger partial charge in [0.25, 0.3) is 0 Å². The molecule has 7 heteroatoms. The van der Waals surface area contributed by atoms with E-state index in [1.165, 1.54) is 26.5 Å². The van der Waals surface area contributed by atoms with Crippen LogP contribution in [0.4, 0.5) is 8.78 Å². The molecule has 1 heterocycles. The number of halogens is 2. The second-order valence-electron chi connectivity index (χ2n) is 3.95. The lowest BCUT2D eigenvalue weighted by Gasteiger charge is -2.15. The zero-order chi connectivity index (χ0) is 14.7. The first-order valence-electron chi connectivity index (χ1n) is 5.72. The zero-order valence-corrected chi connectivity index (χ0v) is 10.9. The highest BCUT2D eigenvalue weighted by atomic mass is 19.1. The van der Waals surface area contributed by atoms with Crippen molar-refractivity contribution in [2.24, 2.45) is 5.73 Å². The van der Waals surface area contributed by atoms with Crippen molar-refractivity contribution in [2.45, 2.75) is 6.04 Å². The van der Waals surface area contributed by atoms with Gasteiger partial charge in [-0.3, -0.25) is 0 Å². The predicted molar refractivity (Wildman–Crippen MR) is 67.5 cm³/mol. The van der Waals surface area contributed by atoms with Crippen LogP contribution < -0.4 is 15.2 Å². The molecular formula is C13H13F2N3O2. The number of nitrogens with two attached hydrogens (primary N) is 1. The highest BCUT2D eigenvalue weighted by Gasteiger charge is 2.21. The molecule has 1 aromatic carbocycles. The quantitative estimate of drug-likeness (QED) is 0.925. The summed E-state index contributed by atoms with van der Waals surface area (Å²) in [6.45, 7) is 0. The van der Waals surface area contributed by atoms with Crippen molar-refractivity contribution in [1.29, 1.82) is 0 Å². The van der Waals surface area contributed by atoms with E-state index in [4.69, 9.17) is 15.2 Å². The van der Waals surface area contributed by atoms with Gasteiger partial charge in [0.2, 0.25) is 11.8 Å². The van der Waals surface area contributed by atoms with Gasteiger partial charge in [0.1, 0.15) is 17.3 Å². The van der Waals surface area contributed by atoms with E-state index in [-0.39, 0.29) is 23.0 Å². The van der Waals surface area contributed by atoms with E-state index >= 15 is 0 Å². The minimum absolute atomic E-state index is 0.101. The molecule has 0 radical (unpaired) electrons. The molecule has 5 nitrogen and oxygen atoms in total. The topological polar surface area (TPSA) is 70.3 Å². The largest absolute Gasteiger partial charge is 0.480 e. The van der Waals surface area contributed by atoms with Crippen LogP contribution in [0.25, 0.3) is 0 Å². The first-order valence-corrected chi connectivity index (χ1v) is 5.72. The Morgan fingerprint density at radius 1 is 1.20 bits per heavy atom. The summed E-state index contributed by atoms with van der Waals surface area (Å²) in [7, 11) is 2.82. The summed E-state index contributed by atoms with van der Waals surface area (Å²) in [6.07, 6.45) is 1.35. The summed E-state index contributed by atoms with van der Waals surface area (Å²) in [5, 5.41) is 0. The Labute approximate surface area is 114 Å². The van der Waals surface area contributed by atoms with Gasteiger partial charge in [-0.2, -0.15) is 4.98 Å². The second kappa shape index (κ2) is 5.79. The van der Waals surface area contributed by atoms with Crippen molar-refractivity contribution < 1.29 is 18.3 Å². The summed E-state index contributed by atoms with van der Waals surface area (Å²) >= 11 is 0. The van der Waals surface area contributed by atoms with Gasteiger partial charge in [-0.05, 0) is 6.07 Å². The van der Waals surface area contributed by atoms with Crippen LogP contribution >= 0.6 is 0 Å². The summed E-state index contributed by atoms with van der Waals surface area (Å²) in [5.74, 6) is -1.05. The molecule has 106 valence electrons. The van der Waals surface area contributed by atoms with Gasteiger partial charge in [-0.1, -0.05) is 6.07 Å². The Kier molecular flexibility index (Phi) is 4.09. The van der Waals surface area contributed by atoms with Crippen LogP contribution in [0.3, 0.4) is 0 Å². The van der Waals surface area contributed by atoms with E-state index in [1.807, 2.05) is 0 Å². The molecule has 0 saturated heterocycles. The Morgan fingerprint density at radius 2 is 1.95 bits per heavy atom. The maximum Gasteiger partial charge on any atom is 0.240 e. The second-order valence-corrected chi connectivity index (χ2v) is 3.95. The van der Waals surface area contributed by atoms with Crippen LogP contribution in [-0.2, 0) is 0 Å². The first-order chi connectivity index (χ1) is 9.56. The van der Waals surface area contributed by atoms with Crippen molar-refractivity contribution in [1.82, 2.24) is 9.97 Å². The molecule has 0 fully saturated rings. The molecule has 2 aromatic rings. The molecule has 0 amide bonds. The lowest BCUT2D eigenvalue weighted by molar-refractivity contribution is 0.355. The molecule has 0 aliphatic rings. The molecule has 0 aliphatic heterocycles. The van der Waals surface area contributed by atoms with E-state index < -0.39 is 17.7 Å². The highest BCUT2D eigenvalue weighted by molar-refractivity contribution is 5.34. The Bertz CT molecular complexity index is 623. The fourth-order valence-corrected chi connectivity index (χ4v) is 1.73. The number of ether oxygens (including phenoxy) is 2. The molecule has 2 N–H and O–H groups in total. The monoisotopic (exact) mass is 281 g/mol. The van der Waals surface area contributed by atoms with Gasteiger partial charge in [-0.15, -0.1) is 0 Å². The minimum atomic E-state index is -0.927. The minimum Gasteiger partial charge on any atom is -0.480 e. The summed E-state index contributed by atoms with van der Waals surface area (Å²) < 4.78 is 36.6. The molecule has 1 aromatic heterocycles. The van der Waals surface area contributed by atoms with E-state index in [2.05, 4.69) is 9.97 Å². The average Bonchev–Trinajstić information content (AvgIpc) is 2.46. The van der Waals surface area contributed by atoms with E-state index in [0.717, 1.165) is 12.1 Å². The van der Waals surface area contributed by atoms with Crippen molar-refractivity contribution in [2.75, 3.05) is 14.2 Å². The maximum atomic E-state index is 13.7. The van der Waals surface area contributed by atoms with E-state index in [9.17, 15) is 8.78 Å². The third-order valence-corrected chi connectivity index (χ3v) is 2.74. The number of aromatic nitrogens is 2. The van der Waals surface area contributed by atoms with Crippen LogP contribution in [0.15, 0.2) is 24.4 Å². The van der Waals surface area contributed by atoms with Gasteiger partial charge < -0.3 is 15.2 Å². The number of methoxy groups -OCH3 is 2.